The first-order valence-corrected chi connectivity index (χ1v) is 6.57. The lowest BCUT2D eigenvalue weighted by Gasteiger charge is -2.16. The third-order valence-corrected chi connectivity index (χ3v) is 3.55. The van der Waals surface area contributed by atoms with Gasteiger partial charge in [-0.2, -0.15) is 0 Å². The summed E-state index contributed by atoms with van der Waals surface area (Å²) in [6, 6.07) is 0. The number of ketones is 1. The van der Waals surface area contributed by atoms with Crippen molar-refractivity contribution in [2.24, 2.45) is 0 Å². The van der Waals surface area contributed by atoms with E-state index in [-0.39, 0.29) is 28.6 Å². The number of hydrogen-bond donors (Lipinski definition) is 4. The van der Waals surface area contributed by atoms with Gasteiger partial charge in [0.25, 0.3) is 0 Å². The van der Waals surface area contributed by atoms with Crippen molar-refractivity contribution in [3.8, 4) is 0 Å². The lowest BCUT2D eigenvalue weighted by atomic mass is 10.1. The first-order valence-electron chi connectivity index (χ1n) is 6.57. The molecule has 0 amide bonds. The monoisotopic (exact) mass is 309 g/mol. The highest BCUT2D eigenvalue weighted by Gasteiger charge is 2.44. The van der Waals surface area contributed by atoms with Gasteiger partial charge in [-0.15, -0.1) is 0 Å². The van der Waals surface area contributed by atoms with Crippen LogP contribution < -0.4 is 5.73 Å². The van der Waals surface area contributed by atoms with Crippen LogP contribution in [0, 0.1) is 0 Å². The fourth-order valence-electron chi connectivity index (χ4n) is 2.39. The zero-order valence-electron chi connectivity index (χ0n) is 11.6. The van der Waals surface area contributed by atoms with Gasteiger partial charge in [0.05, 0.1) is 12.9 Å². The second kappa shape index (κ2) is 5.25. The van der Waals surface area contributed by atoms with Gasteiger partial charge in [0.15, 0.2) is 29.3 Å². The van der Waals surface area contributed by atoms with Crippen LogP contribution in [0.15, 0.2) is 6.33 Å². The largest absolute Gasteiger partial charge is 0.394 e. The molecule has 0 aromatic carbocycles. The molecule has 0 radical (unpaired) electrons. The van der Waals surface area contributed by atoms with Crippen molar-refractivity contribution < 1.29 is 24.9 Å². The smallest absolute Gasteiger partial charge is 0.199 e. The topological polar surface area (TPSA) is 157 Å². The van der Waals surface area contributed by atoms with Crippen molar-refractivity contribution >= 4 is 22.8 Å². The van der Waals surface area contributed by atoms with Crippen molar-refractivity contribution in [1.29, 1.82) is 0 Å². The number of imidazole rings is 1. The lowest BCUT2D eigenvalue weighted by Crippen LogP contribution is -2.33. The maximum atomic E-state index is 11.4. The minimum Gasteiger partial charge on any atom is -0.394 e. The number of rotatable bonds is 3. The zero-order chi connectivity index (χ0) is 16.0. The van der Waals surface area contributed by atoms with Crippen molar-refractivity contribution in [3.05, 3.63) is 12.2 Å². The Morgan fingerprint density at radius 3 is 2.73 bits per heavy atom. The van der Waals surface area contributed by atoms with Crippen LogP contribution in [0.1, 0.15) is 23.8 Å². The molecule has 22 heavy (non-hydrogen) atoms. The number of nitrogen functional groups attached to an aromatic ring is 1. The van der Waals surface area contributed by atoms with E-state index >= 15 is 0 Å². The van der Waals surface area contributed by atoms with Crippen LogP contribution in [0.5, 0.6) is 0 Å². The van der Waals surface area contributed by atoms with Crippen LogP contribution in [0.3, 0.4) is 0 Å². The molecule has 4 atom stereocenters. The molecule has 0 saturated carbocycles. The molecule has 2 aromatic heterocycles. The van der Waals surface area contributed by atoms with Crippen LogP contribution in [0.25, 0.3) is 11.2 Å². The predicted octanol–water partition coefficient (Wildman–Crippen LogP) is -1.78. The molecule has 118 valence electrons. The van der Waals surface area contributed by atoms with Gasteiger partial charge in [0.1, 0.15) is 23.8 Å². The molecule has 1 saturated heterocycles. The number of fused-ring (bicyclic) bond motifs is 1. The molecule has 10 nitrogen and oxygen atoms in total. The average molecular weight is 309 g/mol. The molecule has 0 aliphatic carbocycles. The van der Waals surface area contributed by atoms with Gasteiger partial charge in [-0.3, -0.25) is 9.36 Å². The van der Waals surface area contributed by atoms with Crippen LogP contribution in [0.4, 0.5) is 5.82 Å². The quantitative estimate of drug-likeness (QED) is 0.481. The third kappa shape index (κ3) is 2.13. The molecule has 10 heteroatoms. The van der Waals surface area contributed by atoms with Crippen LogP contribution in [0.2, 0.25) is 0 Å². The van der Waals surface area contributed by atoms with Crippen molar-refractivity contribution in [2.45, 2.75) is 31.5 Å². The summed E-state index contributed by atoms with van der Waals surface area (Å²) in [5.41, 5.74) is 6.20. The molecule has 1 aliphatic rings. The number of hydrogen-bond acceptors (Lipinski definition) is 9. The Hall–Kier alpha value is -2.14. The predicted molar refractivity (Wildman–Crippen MR) is 72.7 cm³/mol. The average Bonchev–Trinajstić information content (AvgIpc) is 3.02. The van der Waals surface area contributed by atoms with E-state index in [0.29, 0.717) is 0 Å². The van der Waals surface area contributed by atoms with Gasteiger partial charge in [-0.25, -0.2) is 15.0 Å². The summed E-state index contributed by atoms with van der Waals surface area (Å²) in [5.74, 6) is -0.429. The number of nitrogens with zero attached hydrogens (tertiary/aromatic N) is 4. The van der Waals surface area contributed by atoms with Crippen LogP contribution >= 0.6 is 0 Å². The standard InChI is InChI=1S/C12H15N5O5/c1-4(19)10-15-9(13)6-11(16-10)17(3-14-6)12-8(21)7(20)5(2-18)22-12/h3,5,7-8,12,18,20-21H,2H2,1H3,(H2,13,15,16). The summed E-state index contributed by atoms with van der Waals surface area (Å²) in [5, 5.41) is 29.0. The summed E-state index contributed by atoms with van der Waals surface area (Å²) >= 11 is 0. The minimum absolute atomic E-state index is 0.0284. The van der Waals surface area contributed by atoms with E-state index in [0.717, 1.165) is 0 Å². The zero-order valence-corrected chi connectivity index (χ0v) is 11.6. The highest BCUT2D eigenvalue weighted by molar-refractivity contribution is 5.93. The highest BCUT2D eigenvalue weighted by Crippen LogP contribution is 2.31. The second-order valence-corrected chi connectivity index (χ2v) is 5.04. The van der Waals surface area contributed by atoms with E-state index in [9.17, 15) is 15.0 Å². The molecule has 0 bridgehead atoms. The van der Waals surface area contributed by atoms with Crippen molar-refractivity contribution in [1.82, 2.24) is 19.5 Å². The molecular formula is C12H15N5O5. The highest BCUT2D eigenvalue weighted by atomic mass is 16.6. The summed E-state index contributed by atoms with van der Waals surface area (Å²) in [7, 11) is 0. The molecular weight excluding hydrogens is 294 g/mol. The summed E-state index contributed by atoms with van der Waals surface area (Å²) in [6.45, 7) is 0.852. The minimum atomic E-state index is -1.29. The van der Waals surface area contributed by atoms with Crippen LogP contribution in [-0.4, -0.2) is 65.5 Å². The van der Waals surface area contributed by atoms with E-state index in [1.807, 2.05) is 0 Å². The second-order valence-electron chi connectivity index (χ2n) is 5.04. The summed E-state index contributed by atoms with van der Waals surface area (Å²) in [6.07, 6.45) is -3.15. The third-order valence-electron chi connectivity index (χ3n) is 3.55. The number of ether oxygens (including phenoxy) is 1. The molecule has 5 N–H and O–H groups in total. The Kier molecular flexibility index (Phi) is 3.53. The van der Waals surface area contributed by atoms with Gasteiger partial charge >= 0.3 is 0 Å². The molecule has 1 fully saturated rings. The van der Waals surface area contributed by atoms with Gasteiger partial charge in [-0.05, 0) is 0 Å². The number of nitrogens with two attached hydrogens (primary N) is 1. The van der Waals surface area contributed by atoms with E-state index in [4.69, 9.17) is 15.6 Å². The fourth-order valence-corrected chi connectivity index (χ4v) is 2.39. The number of Topliss-reactive ketones (excluding diaryl/α,β-unsaturated/α-hetero) is 1. The number of carbonyl (C=O) groups excluding carboxylic acids is 1. The van der Waals surface area contributed by atoms with E-state index in [2.05, 4.69) is 15.0 Å². The Labute approximate surface area is 124 Å². The first kappa shape index (κ1) is 14.8. The lowest BCUT2D eigenvalue weighted by molar-refractivity contribution is -0.0511. The Bertz CT molecular complexity index is 732. The van der Waals surface area contributed by atoms with E-state index in [1.165, 1.54) is 17.8 Å². The molecule has 1 aliphatic heterocycles. The van der Waals surface area contributed by atoms with Crippen molar-refractivity contribution in [3.63, 3.8) is 0 Å². The van der Waals surface area contributed by atoms with E-state index < -0.39 is 31.1 Å². The molecule has 3 rings (SSSR count). The number of aromatic nitrogens is 4. The summed E-state index contributed by atoms with van der Waals surface area (Å²) < 4.78 is 6.77. The van der Waals surface area contributed by atoms with Gasteiger partial charge in [0, 0.05) is 6.92 Å². The number of anilines is 1. The Morgan fingerprint density at radius 1 is 1.41 bits per heavy atom. The Balaban J connectivity index is 2.10. The molecule has 4 unspecified atom stereocenters. The van der Waals surface area contributed by atoms with Crippen LogP contribution in [-0.2, 0) is 4.74 Å². The maximum absolute atomic E-state index is 11.4. The Morgan fingerprint density at radius 2 is 2.14 bits per heavy atom. The molecule has 2 aromatic rings. The molecule has 3 heterocycles. The number of aliphatic hydroxyl groups is 3. The van der Waals surface area contributed by atoms with Gasteiger partial charge in [-0.1, -0.05) is 0 Å². The van der Waals surface area contributed by atoms with Gasteiger partial charge in [0.2, 0.25) is 0 Å². The van der Waals surface area contributed by atoms with E-state index in [1.54, 1.807) is 0 Å². The first-order chi connectivity index (χ1) is 10.4. The number of aliphatic hydroxyl groups excluding tert-OH is 3. The molecule has 0 spiro atoms. The number of carbonyl (C=O) groups is 1. The SMILES string of the molecule is CC(=O)c1nc(N)c2ncn(C3OC(CO)C(O)C3O)c2n1. The summed E-state index contributed by atoms with van der Waals surface area (Å²) in [4.78, 5) is 23.4. The fraction of sp³-hybridized carbons (Fsp3) is 0.500. The maximum Gasteiger partial charge on any atom is 0.199 e. The normalized spacial score (nSPS) is 28.4. The van der Waals surface area contributed by atoms with Gasteiger partial charge < -0.3 is 25.8 Å². The van der Waals surface area contributed by atoms with Crippen molar-refractivity contribution in [2.75, 3.05) is 12.3 Å².